The van der Waals surface area contributed by atoms with Gasteiger partial charge in [0.2, 0.25) is 0 Å². The summed E-state index contributed by atoms with van der Waals surface area (Å²) in [4.78, 5) is 49.8. The highest BCUT2D eigenvalue weighted by atomic mass is 19.3. The average molecular weight is 1990 g/mol. The van der Waals surface area contributed by atoms with E-state index in [9.17, 15) is 54.3 Å². The highest BCUT2D eigenvalue weighted by molar-refractivity contribution is 6.12. The van der Waals surface area contributed by atoms with Crippen LogP contribution in [-0.4, -0.2) is 23.1 Å². The van der Waals surface area contributed by atoms with Gasteiger partial charge >= 0.3 is 0 Å². The molecule has 0 fully saturated rings. The topological polar surface area (TPSA) is 68.3 Å². The number of rotatable bonds is 16. The molecule has 4 nitrogen and oxygen atoms in total. The van der Waals surface area contributed by atoms with Gasteiger partial charge in [0.05, 0.1) is 0 Å². The third kappa shape index (κ3) is 30.0. The van der Waals surface area contributed by atoms with Gasteiger partial charge in [-0.1, -0.05) is 228 Å². The molecule has 0 saturated carbocycles. The fourth-order valence-electron chi connectivity index (χ4n) is 16.8. The maximum atomic E-state index is 14.6. The Hall–Kier alpha value is -14.4. The van der Waals surface area contributed by atoms with E-state index in [4.69, 9.17) is 0 Å². The number of halogens is 8. The summed E-state index contributed by atoms with van der Waals surface area (Å²) in [5.41, 5.74) is 39.6. The Labute approximate surface area is 875 Å². The van der Waals surface area contributed by atoms with Gasteiger partial charge in [-0.15, -0.1) is 0 Å². The molecule has 12 heteroatoms. The first-order chi connectivity index (χ1) is 69.2. The highest BCUT2D eigenvalue weighted by Crippen LogP contribution is 2.43. The third-order valence-electron chi connectivity index (χ3n) is 28.4. The van der Waals surface area contributed by atoms with Crippen LogP contribution in [0.5, 0.6) is 0 Å². The van der Waals surface area contributed by atoms with Gasteiger partial charge < -0.3 is 0 Å². The van der Waals surface area contributed by atoms with Crippen LogP contribution in [0.3, 0.4) is 0 Å². The van der Waals surface area contributed by atoms with Crippen molar-refractivity contribution in [3.8, 4) is 0 Å². The van der Waals surface area contributed by atoms with E-state index in [0.29, 0.717) is 11.1 Å². The number of hydrogen-bond donors (Lipinski definition) is 0. The molecule has 0 N–H and O–H groups in total. The number of aryl methyl sites for hydroxylation is 30. The molecule has 148 heavy (non-hydrogen) atoms. The second-order valence-corrected chi connectivity index (χ2v) is 40.5. The second-order valence-electron chi connectivity index (χ2n) is 40.5. The molecule has 0 aliphatic rings. The lowest BCUT2D eigenvalue weighted by molar-refractivity contribution is 0.0415. The largest absolute Gasteiger partial charge is 0.298 e. The fourth-order valence-corrected chi connectivity index (χ4v) is 16.8. The van der Waals surface area contributed by atoms with Crippen LogP contribution in [0.15, 0.2) is 291 Å². The quantitative estimate of drug-likeness (QED) is 0.0714. The summed E-state index contributed by atoms with van der Waals surface area (Å²) in [6, 6.07) is 86.7. The molecule has 0 heterocycles. The Bertz CT molecular complexity index is 7290. The molecule has 0 bridgehead atoms. The van der Waals surface area contributed by atoms with Crippen LogP contribution < -0.4 is 0 Å². The average Bonchev–Trinajstić information content (AvgIpc) is 0.781. The van der Waals surface area contributed by atoms with Gasteiger partial charge in [0, 0.05) is 89.0 Å². The van der Waals surface area contributed by atoms with Crippen molar-refractivity contribution in [2.45, 2.75) is 245 Å². The number of alkyl halides is 8. The predicted molar refractivity (Wildman–Crippen MR) is 600 cm³/mol. The number of ketones is 4. The molecule has 0 amide bonds. The molecule has 16 aromatic rings. The lowest BCUT2D eigenvalue weighted by Crippen LogP contribution is -2.17. The van der Waals surface area contributed by atoms with Crippen LogP contribution in [0.2, 0.25) is 0 Å². The first-order valence-electron chi connectivity index (χ1n) is 50.1. The monoisotopic (exact) mass is 1990 g/mol. The van der Waals surface area contributed by atoms with Crippen LogP contribution in [0.1, 0.15) is 286 Å². The van der Waals surface area contributed by atoms with Crippen LogP contribution >= 0.6 is 0 Å². The first-order valence-corrected chi connectivity index (χ1v) is 50.1. The lowest BCUT2D eigenvalue weighted by Gasteiger charge is -2.21. The van der Waals surface area contributed by atoms with Gasteiger partial charge in [0.25, 0.3) is 23.7 Å². The number of benzene rings is 16. The number of carbonyl (C=O) groups excluding carboxylic acids is 4. The van der Waals surface area contributed by atoms with Crippen molar-refractivity contribution >= 4 is 23.1 Å². The minimum atomic E-state index is -2.95. The normalized spacial score (nSPS) is 11.1. The summed E-state index contributed by atoms with van der Waals surface area (Å²) in [7, 11) is 0. The lowest BCUT2D eigenvalue weighted by atomic mass is 9.92. The van der Waals surface area contributed by atoms with Crippen molar-refractivity contribution < 1.29 is 54.3 Å². The molecular weight excluding hydrogens is 1850 g/mol. The van der Waals surface area contributed by atoms with Gasteiger partial charge in [-0.3, -0.25) is 19.2 Å². The molecule has 0 atom stereocenters. The number of carbonyl (C=O) groups is 4. The van der Waals surface area contributed by atoms with E-state index in [1.54, 1.807) is 105 Å². The molecule has 16 rings (SSSR count). The summed E-state index contributed by atoms with van der Waals surface area (Å²) in [6.07, 6.45) is 0. The molecule has 0 saturated heterocycles. The van der Waals surface area contributed by atoms with E-state index in [0.717, 1.165) is 184 Å². The van der Waals surface area contributed by atoms with Crippen LogP contribution in [-0.2, 0) is 23.7 Å². The summed E-state index contributed by atoms with van der Waals surface area (Å²) in [5, 5.41) is 0. The van der Waals surface area contributed by atoms with Gasteiger partial charge in [-0.2, -0.15) is 35.1 Å². The number of hydrogen-bond acceptors (Lipinski definition) is 4. The second kappa shape index (κ2) is 50.4. The summed E-state index contributed by atoms with van der Waals surface area (Å²) >= 11 is 0. The van der Waals surface area contributed by atoms with E-state index in [1.807, 2.05) is 331 Å². The smallest absolute Gasteiger partial charge is 0.289 e. The zero-order valence-corrected chi connectivity index (χ0v) is 92.4. The molecular formula is C136H144F8O4. The van der Waals surface area contributed by atoms with Gasteiger partial charge in [0.1, 0.15) is 0 Å². The zero-order chi connectivity index (χ0) is 110. The maximum Gasteiger partial charge on any atom is 0.298 e. The Balaban J connectivity index is 0.000000188. The third-order valence-corrected chi connectivity index (χ3v) is 28.4. The predicted octanol–water partition coefficient (Wildman–Crippen LogP) is 36.8. The SMILES string of the molecule is Cc1cc(C)cc(C(=O)c2ccc(C)c(C)c2)c1.Cc1cc(C)cc(C(F)(F)c2ccc(C)c(C)c2)c1.Cc1ccc(C(=O)c2ccc(C)c(C)c2)cc1C.Cc1ccc(C(=O)c2cccc(C)c2C)cc1C.Cc1ccc(C(F)(F)c2ccc(C)c(C)c2)cc1C.Cc1ccc(C(F)(F)c2cccc(C)c2C)cc1C.Cc1ccc(C)c(C(=O)c2ccc(C)c(C)c2)c1.Cc1ccc(C)c(C(F)(F)c2ccc(C)c(C)c2)c1. The molecule has 0 aliphatic heterocycles. The zero-order valence-electron chi connectivity index (χ0n) is 92.4. The Morgan fingerprint density at radius 1 is 0.149 bits per heavy atom. The molecule has 0 spiro atoms. The molecule has 0 aromatic heterocycles. The van der Waals surface area contributed by atoms with Gasteiger partial charge in [0.15, 0.2) is 23.1 Å². The van der Waals surface area contributed by atoms with Crippen LogP contribution in [0.4, 0.5) is 35.1 Å². The first kappa shape index (κ1) is 117. The van der Waals surface area contributed by atoms with Gasteiger partial charge in [-0.25, -0.2) is 0 Å². The van der Waals surface area contributed by atoms with E-state index in [-0.39, 0.29) is 67.6 Å². The summed E-state index contributed by atoms with van der Waals surface area (Å²) in [5.74, 6) is -11.4. The summed E-state index contributed by atoms with van der Waals surface area (Å²) < 4.78 is 117. The minimum Gasteiger partial charge on any atom is -0.289 e. The Morgan fingerprint density at radius 2 is 0.392 bits per heavy atom. The van der Waals surface area contributed by atoms with Crippen molar-refractivity contribution in [3.63, 3.8) is 0 Å². The highest BCUT2D eigenvalue weighted by Gasteiger charge is 2.39. The van der Waals surface area contributed by atoms with E-state index in [2.05, 4.69) is 40.7 Å². The Kier molecular flexibility index (Phi) is 39.9. The molecule has 0 radical (unpaired) electrons. The minimum absolute atomic E-state index is 0.0545. The van der Waals surface area contributed by atoms with Gasteiger partial charge in [-0.05, 0) is 463 Å². The summed E-state index contributed by atoms with van der Waals surface area (Å²) in [6.45, 7) is 62.3. The maximum absolute atomic E-state index is 14.6. The van der Waals surface area contributed by atoms with Crippen molar-refractivity contribution in [2.75, 3.05) is 0 Å². The van der Waals surface area contributed by atoms with E-state index < -0.39 is 23.7 Å². The standard InChI is InChI=1S/4C17H18F2.4C17H18O/c1-11-5-7-15(9-13(11)3)17(18,19)16-8-6-12(2)14(4)10-16;1-11-7-12(2)9-16(8-11)17(18,19)15-6-5-13(3)14(4)10-15;1-11-5-6-13(3)16(9-11)17(18,19)15-8-7-12(2)14(4)10-15;1-11-8-9-15(10-13(11)3)17(18,19)16-7-5-6-12(2)14(16)4;1-11-5-7-15(9-13(11)3)17(18)16-8-6-12(2)14(4)10-16;1-11-7-12(2)9-16(8-11)17(18)15-6-5-13(3)14(4)10-15;1-11-5-6-13(3)16(9-11)17(18)15-8-7-12(2)14(4)10-15;1-11-8-9-15(10-13(11)3)17(18)16-7-5-6-12(2)14(16)4/h4*5-10H,1-4H3;4*5-10H,1-4H3. The molecule has 16 aromatic carbocycles. The Morgan fingerprint density at radius 3 is 0.716 bits per heavy atom. The van der Waals surface area contributed by atoms with Crippen LogP contribution in [0, 0.1) is 222 Å². The van der Waals surface area contributed by atoms with Crippen molar-refractivity contribution in [2.24, 2.45) is 0 Å². The fraction of sp³-hybridized carbons (Fsp3) is 0.265. The molecule has 0 aliphatic carbocycles. The van der Waals surface area contributed by atoms with E-state index in [1.165, 1.54) is 64.2 Å². The van der Waals surface area contributed by atoms with Crippen molar-refractivity contribution in [1.82, 2.24) is 0 Å². The van der Waals surface area contributed by atoms with Crippen molar-refractivity contribution in [1.29, 1.82) is 0 Å². The van der Waals surface area contributed by atoms with Crippen molar-refractivity contribution in [3.05, 3.63) is 558 Å². The van der Waals surface area contributed by atoms with E-state index >= 15 is 0 Å². The molecule has 0 unspecified atom stereocenters. The molecule has 768 valence electrons. The van der Waals surface area contributed by atoms with Crippen LogP contribution in [0.25, 0.3) is 0 Å².